The second-order valence-corrected chi connectivity index (χ2v) is 16.7. The van der Waals surface area contributed by atoms with Crippen LogP contribution in [0, 0.1) is 0 Å². The van der Waals surface area contributed by atoms with Gasteiger partial charge in [0, 0.05) is 19.4 Å². The monoisotopic (exact) mass is 861 g/mol. The molecule has 0 rings (SSSR count). The first-order valence-corrected chi connectivity index (χ1v) is 25.8. The van der Waals surface area contributed by atoms with Gasteiger partial charge in [-0.1, -0.05) is 221 Å². The molecule has 0 aromatic rings. The molecular formula is C57H96O5. The number of ether oxygens (including phenoxy) is 3. The minimum absolute atomic E-state index is 0.0488. The first-order valence-electron chi connectivity index (χ1n) is 25.8. The van der Waals surface area contributed by atoms with Gasteiger partial charge in [0.25, 0.3) is 0 Å². The fraction of sp³-hybridized carbons (Fsp3) is 0.684. The standard InChI is InChI=1S/C57H96O5/c1-4-7-10-13-16-19-22-25-27-29-31-33-35-38-41-44-47-50-56(58)61-54-55(53-60-52-49-46-43-40-37-24-21-18-15-12-9-6-3)62-57(59)51-48-45-42-39-36-34-32-30-28-26-23-20-17-14-11-8-5-2/h7-8,10-11,16-17,19-20,25-28,31,33,38,41,55H,4-6,9,12-15,18,21-24,29-30,32,34-37,39-40,42-54H2,1-3H3/b10-7-,11-8-,19-16-,20-17-,27-25-,28-26-,33-31-,41-38-. The number of carbonyl (C=O) groups excluding carboxylic acids is 2. The smallest absolute Gasteiger partial charge is 0.306 e. The van der Waals surface area contributed by atoms with E-state index in [9.17, 15) is 9.59 Å². The summed E-state index contributed by atoms with van der Waals surface area (Å²) in [6, 6.07) is 0. The molecule has 0 N–H and O–H groups in total. The van der Waals surface area contributed by atoms with Crippen LogP contribution >= 0.6 is 0 Å². The van der Waals surface area contributed by atoms with Gasteiger partial charge in [-0.3, -0.25) is 9.59 Å². The van der Waals surface area contributed by atoms with E-state index in [0.29, 0.717) is 19.4 Å². The predicted molar refractivity (Wildman–Crippen MR) is 270 cm³/mol. The molecule has 0 spiro atoms. The van der Waals surface area contributed by atoms with Crippen LogP contribution < -0.4 is 0 Å². The number of hydrogen-bond acceptors (Lipinski definition) is 5. The molecule has 5 heteroatoms. The van der Waals surface area contributed by atoms with Gasteiger partial charge in [0.15, 0.2) is 6.10 Å². The van der Waals surface area contributed by atoms with E-state index in [1.165, 1.54) is 89.9 Å². The van der Waals surface area contributed by atoms with Crippen molar-refractivity contribution in [3.8, 4) is 0 Å². The summed E-state index contributed by atoms with van der Waals surface area (Å²) in [5.74, 6) is -0.476. The van der Waals surface area contributed by atoms with E-state index in [0.717, 1.165) is 103 Å². The van der Waals surface area contributed by atoms with Gasteiger partial charge in [-0.05, 0) is 89.9 Å². The molecule has 0 saturated carbocycles. The van der Waals surface area contributed by atoms with Crippen molar-refractivity contribution in [3.05, 3.63) is 97.2 Å². The first kappa shape index (κ1) is 58.8. The topological polar surface area (TPSA) is 61.8 Å². The van der Waals surface area contributed by atoms with Gasteiger partial charge >= 0.3 is 11.9 Å². The summed E-state index contributed by atoms with van der Waals surface area (Å²) >= 11 is 0. The van der Waals surface area contributed by atoms with Crippen LogP contribution in [0.25, 0.3) is 0 Å². The zero-order valence-corrected chi connectivity index (χ0v) is 40.6. The molecule has 0 aliphatic carbocycles. The van der Waals surface area contributed by atoms with Gasteiger partial charge in [0.05, 0.1) is 6.61 Å². The van der Waals surface area contributed by atoms with Crippen LogP contribution in [0.2, 0.25) is 0 Å². The highest BCUT2D eigenvalue weighted by Gasteiger charge is 2.17. The summed E-state index contributed by atoms with van der Waals surface area (Å²) in [6.07, 6.45) is 69.9. The molecule has 0 aliphatic rings. The molecular weight excluding hydrogens is 765 g/mol. The molecule has 0 aromatic heterocycles. The summed E-state index contributed by atoms with van der Waals surface area (Å²) in [4.78, 5) is 25.4. The maximum atomic E-state index is 12.8. The quantitative estimate of drug-likeness (QED) is 0.0347. The number of hydrogen-bond donors (Lipinski definition) is 0. The third-order valence-electron chi connectivity index (χ3n) is 10.6. The molecule has 1 unspecified atom stereocenters. The zero-order chi connectivity index (χ0) is 44.9. The maximum absolute atomic E-state index is 12.8. The maximum Gasteiger partial charge on any atom is 0.306 e. The Hall–Kier alpha value is -3.18. The molecule has 0 aromatic carbocycles. The Morgan fingerprint density at radius 3 is 1.21 bits per heavy atom. The third kappa shape index (κ3) is 49.5. The van der Waals surface area contributed by atoms with Gasteiger partial charge in [-0.15, -0.1) is 0 Å². The normalized spacial score (nSPS) is 13.0. The van der Waals surface area contributed by atoms with E-state index in [-0.39, 0.29) is 25.2 Å². The van der Waals surface area contributed by atoms with Crippen molar-refractivity contribution in [2.75, 3.05) is 19.8 Å². The lowest BCUT2D eigenvalue weighted by atomic mass is 10.1. The minimum atomic E-state index is -0.567. The summed E-state index contributed by atoms with van der Waals surface area (Å²) < 4.78 is 17.3. The highest BCUT2D eigenvalue weighted by molar-refractivity contribution is 5.70. The van der Waals surface area contributed by atoms with Crippen molar-refractivity contribution in [3.63, 3.8) is 0 Å². The number of allylic oxidation sites excluding steroid dienone is 16. The number of carbonyl (C=O) groups is 2. The fourth-order valence-electron chi connectivity index (χ4n) is 6.85. The van der Waals surface area contributed by atoms with Crippen molar-refractivity contribution < 1.29 is 23.8 Å². The van der Waals surface area contributed by atoms with Crippen LogP contribution in [0.4, 0.5) is 0 Å². The van der Waals surface area contributed by atoms with Crippen molar-refractivity contribution in [1.29, 1.82) is 0 Å². The average Bonchev–Trinajstić information content (AvgIpc) is 3.27. The van der Waals surface area contributed by atoms with Crippen molar-refractivity contribution >= 4 is 11.9 Å². The molecule has 1 atom stereocenters. The fourth-order valence-corrected chi connectivity index (χ4v) is 6.85. The van der Waals surface area contributed by atoms with Crippen LogP contribution in [0.1, 0.15) is 226 Å². The lowest BCUT2D eigenvalue weighted by Gasteiger charge is -2.18. The Morgan fingerprint density at radius 1 is 0.371 bits per heavy atom. The Bertz CT molecular complexity index is 1200. The Kier molecular flexibility index (Phi) is 49.5. The predicted octanol–water partition coefficient (Wildman–Crippen LogP) is 17.5. The summed E-state index contributed by atoms with van der Waals surface area (Å²) in [6.45, 7) is 7.54. The van der Waals surface area contributed by atoms with Crippen molar-refractivity contribution in [2.45, 2.75) is 232 Å². The zero-order valence-electron chi connectivity index (χ0n) is 40.6. The van der Waals surface area contributed by atoms with Gasteiger partial charge in [0.2, 0.25) is 0 Å². The summed E-state index contributed by atoms with van der Waals surface area (Å²) in [5.41, 5.74) is 0. The van der Waals surface area contributed by atoms with Crippen LogP contribution in [-0.2, 0) is 23.8 Å². The van der Waals surface area contributed by atoms with E-state index in [1.54, 1.807) is 0 Å². The van der Waals surface area contributed by atoms with Crippen LogP contribution in [-0.4, -0.2) is 37.9 Å². The van der Waals surface area contributed by atoms with Crippen LogP contribution in [0.5, 0.6) is 0 Å². The third-order valence-corrected chi connectivity index (χ3v) is 10.6. The Morgan fingerprint density at radius 2 is 0.742 bits per heavy atom. The van der Waals surface area contributed by atoms with Crippen molar-refractivity contribution in [1.82, 2.24) is 0 Å². The van der Waals surface area contributed by atoms with Crippen molar-refractivity contribution in [2.24, 2.45) is 0 Å². The second kappa shape index (κ2) is 52.2. The van der Waals surface area contributed by atoms with Gasteiger partial charge in [-0.2, -0.15) is 0 Å². The molecule has 0 amide bonds. The van der Waals surface area contributed by atoms with E-state index >= 15 is 0 Å². The van der Waals surface area contributed by atoms with Crippen LogP contribution in [0.15, 0.2) is 97.2 Å². The highest BCUT2D eigenvalue weighted by atomic mass is 16.6. The average molecular weight is 861 g/mol. The molecule has 62 heavy (non-hydrogen) atoms. The van der Waals surface area contributed by atoms with Crippen LogP contribution in [0.3, 0.4) is 0 Å². The Labute approximate surface area is 383 Å². The summed E-state index contributed by atoms with van der Waals surface area (Å²) in [7, 11) is 0. The highest BCUT2D eigenvalue weighted by Crippen LogP contribution is 2.14. The second-order valence-electron chi connectivity index (χ2n) is 16.7. The molecule has 354 valence electrons. The lowest BCUT2D eigenvalue weighted by molar-refractivity contribution is -0.163. The molecule has 0 aliphatic heterocycles. The van der Waals surface area contributed by atoms with Gasteiger partial charge in [-0.25, -0.2) is 0 Å². The number of unbranched alkanes of at least 4 members (excludes halogenated alkanes) is 19. The first-order chi connectivity index (χ1) is 30.6. The molecule has 5 nitrogen and oxygen atoms in total. The molecule has 0 heterocycles. The summed E-state index contributed by atoms with van der Waals surface area (Å²) in [5, 5.41) is 0. The number of rotatable bonds is 46. The Balaban J connectivity index is 4.37. The van der Waals surface area contributed by atoms with E-state index in [4.69, 9.17) is 14.2 Å². The molecule has 0 fully saturated rings. The van der Waals surface area contributed by atoms with E-state index in [2.05, 4.69) is 118 Å². The number of esters is 2. The largest absolute Gasteiger partial charge is 0.462 e. The molecule has 0 radical (unpaired) electrons. The molecule has 0 saturated heterocycles. The van der Waals surface area contributed by atoms with E-state index in [1.807, 2.05) is 0 Å². The minimum Gasteiger partial charge on any atom is -0.462 e. The van der Waals surface area contributed by atoms with Gasteiger partial charge < -0.3 is 14.2 Å². The molecule has 0 bridgehead atoms. The SMILES string of the molecule is CC/C=C\C/C=C\C/C=C\C/C=C\C/C=C\CCCC(=O)OCC(COCCCCCCCCCCCCCC)OC(=O)CCCCCCCCC/C=C\C/C=C\C/C=C\CC. The lowest BCUT2D eigenvalue weighted by Crippen LogP contribution is -2.30. The van der Waals surface area contributed by atoms with Gasteiger partial charge in [0.1, 0.15) is 6.61 Å². The van der Waals surface area contributed by atoms with E-state index < -0.39 is 6.10 Å².